The quantitative estimate of drug-likeness (QED) is 0.867. The molecule has 2 N–H and O–H groups in total. The van der Waals surface area contributed by atoms with Crippen LogP contribution in [0.25, 0.3) is 6.08 Å². The first-order valence-corrected chi connectivity index (χ1v) is 6.48. The summed E-state index contributed by atoms with van der Waals surface area (Å²) in [5.74, 6) is -0.271. The van der Waals surface area contributed by atoms with E-state index in [1.54, 1.807) is 7.11 Å². The van der Waals surface area contributed by atoms with E-state index < -0.39 is 0 Å². The summed E-state index contributed by atoms with van der Waals surface area (Å²) in [6.45, 7) is 1.46. The number of carbonyl (C=O) groups is 1. The largest absolute Gasteiger partial charge is 0.380 e. The molecule has 0 spiro atoms. The molecule has 0 aliphatic carbocycles. The van der Waals surface area contributed by atoms with Gasteiger partial charge in [-0.25, -0.2) is 0 Å². The number of benzene rings is 1. The highest BCUT2D eigenvalue weighted by Gasteiger charge is 2.34. The number of carbonyl (C=O) groups excluding carboxylic acids is 1. The van der Waals surface area contributed by atoms with Gasteiger partial charge in [-0.15, -0.1) is 0 Å². The lowest BCUT2D eigenvalue weighted by molar-refractivity contribution is -0.122. The zero-order valence-corrected chi connectivity index (χ0v) is 11.2. The van der Waals surface area contributed by atoms with E-state index in [-0.39, 0.29) is 18.1 Å². The lowest BCUT2D eigenvalue weighted by Crippen LogP contribution is -2.40. The van der Waals surface area contributed by atoms with E-state index >= 15 is 0 Å². The van der Waals surface area contributed by atoms with Crippen LogP contribution in [0.2, 0.25) is 0 Å². The molecule has 102 valence electrons. The molecule has 0 radical (unpaired) electrons. The molecule has 0 bridgehead atoms. The van der Waals surface area contributed by atoms with E-state index in [0.29, 0.717) is 13.0 Å². The summed E-state index contributed by atoms with van der Waals surface area (Å²) in [6.07, 6.45) is 4.90. The highest BCUT2D eigenvalue weighted by molar-refractivity contribution is 5.80. The van der Waals surface area contributed by atoms with E-state index in [4.69, 9.17) is 10.5 Å². The van der Waals surface area contributed by atoms with Crippen LogP contribution >= 0.6 is 0 Å². The average molecular weight is 260 g/mol. The minimum atomic E-state index is -0.271. The maximum absolute atomic E-state index is 11.4. The van der Waals surface area contributed by atoms with Gasteiger partial charge in [-0.05, 0) is 12.0 Å². The maximum Gasteiger partial charge on any atom is 0.234 e. The van der Waals surface area contributed by atoms with Crippen LogP contribution in [0, 0.1) is 0 Å². The monoisotopic (exact) mass is 260 g/mol. The highest BCUT2D eigenvalue weighted by atomic mass is 16.5. The van der Waals surface area contributed by atoms with Gasteiger partial charge in [0.15, 0.2) is 0 Å². The molecule has 1 aromatic carbocycles. The number of nitrogens with two attached hydrogens (primary N) is 1. The number of amides is 1. The topological polar surface area (TPSA) is 55.6 Å². The second-order valence-corrected chi connectivity index (χ2v) is 4.78. The van der Waals surface area contributed by atoms with Gasteiger partial charge in [-0.3, -0.25) is 9.69 Å². The molecule has 1 aliphatic heterocycles. The molecule has 0 aromatic heterocycles. The Labute approximate surface area is 113 Å². The molecule has 1 fully saturated rings. The van der Waals surface area contributed by atoms with Gasteiger partial charge < -0.3 is 10.5 Å². The third-order valence-electron chi connectivity index (χ3n) is 3.48. The number of nitrogens with zero attached hydrogens (tertiary/aromatic N) is 1. The van der Waals surface area contributed by atoms with Crippen molar-refractivity contribution in [2.75, 3.05) is 20.2 Å². The lowest BCUT2D eigenvalue weighted by atomic mass is 10.2. The number of rotatable bonds is 5. The number of hydrogen-bond acceptors (Lipinski definition) is 3. The summed E-state index contributed by atoms with van der Waals surface area (Å²) in [5, 5.41) is 0. The molecule has 0 unspecified atom stereocenters. The fourth-order valence-corrected chi connectivity index (χ4v) is 2.42. The average Bonchev–Trinajstić information content (AvgIpc) is 2.83. The summed E-state index contributed by atoms with van der Waals surface area (Å²) < 4.78 is 5.31. The van der Waals surface area contributed by atoms with Gasteiger partial charge in [0.1, 0.15) is 0 Å². The SMILES string of the molecule is CO[C@H]1C[C@@H](C(N)=O)N(C/C=C/c2ccccc2)C1. The van der Waals surface area contributed by atoms with Crippen molar-refractivity contribution in [2.45, 2.75) is 18.6 Å². The van der Waals surface area contributed by atoms with Crippen LogP contribution in [-0.2, 0) is 9.53 Å². The van der Waals surface area contributed by atoms with Crippen molar-refractivity contribution in [3.63, 3.8) is 0 Å². The van der Waals surface area contributed by atoms with Crippen molar-refractivity contribution < 1.29 is 9.53 Å². The molecule has 2 atom stereocenters. The van der Waals surface area contributed by atoms with Gasteiger partial charge in [0.05, 0.1) is 12.1 Å². The lowest BCUT2D eigenvalue weighted by Gasteiger charge is -2.19. The van der Waals surface area contributed by atoms with Crippen molar-refractivity contribution >= 4 is 12.0 Å². The smallest absolute Gasteiger partial charge is 0.234 e. The Hall–Kier alpha value is -1.65. The molecule has 19 heavy (non-hydrogen) atoms. The third-order valence-corrected chi connectivity index (χ3v) is 3.48. The highest BCUT2D eigenvalue weighted by Crippen LogP contribution is 2.19. The predicted octanol–water partition coefficient (Wildman–Crippen LogP) is 1.27. The van der Waals surface area contributed by atoms with Gasteiger partial charge in [0.2, 0.25) is 5.91 Å². The van der Waals surface area contributed by atoms with Crippen molar-refractivity contribution in [3.05, 3.63) is 42.0 Å². The molecule has 1 aromatic rings. The zero-order valence-electron chi connectivity index (χ0n) is 11.2. The summed E-state index contributed by atoms with van der Waals surface area (Å²) in [4.78, 5) is 13.5. The van der Waals surface area contributed by atoms with E-state index in [1.165, 1.54) is 0 Å². The second kappa shape index (κ2) is 6.50. The van der Waals surface area contributed by atoms with Crippen LogP contribution < -0.4 is 5.73 Å². The van der Waals surface area contributed by atoms with Gasteiger partial charge in [-0.2, -0.15) is 0 Å². The Morgan fingerprint density at radius 3 is 2.84 bits per heavy atom. The molecule has 1 aliphatic rings. The molecule has 1 amide bonds. The van der Waals surface area contributed by atoms with Gasteiger partial charge in [0.25, 0.3) is 0 Å². The van der Waals surface area contributed by atoms with Crippen LogP contribution in [0.15, 0.2) is 36.4 Å². The number of ether oxygens (including phenoxy) is 1. The third kappa shape index (κ3) is 3.66. The van der Waals surface area contributed by atoms with Crippen LogP contribution in [0.1, 0.15) is 12.0 Å². The molecule has 1 saturated heterocycles. The van der Waals surface area contributed by atoms with Crippen molar-refractivity contribution in [1.29, 1.82) is 0 Å². The second-order valence-electron chi connectivity index (χ2n) is 4.78. The Kier molecular flexibility index (Phi) is 4.71. The Balaban J connectivity index is 1.94. The molecule has 1 heterocycles. The first-order chi connectivity index (χ1) is 9.20. The van der Waals surface area contributed by atoms with Gasteiger partial charge in [-0.1, -0.05) is 42.5 Å². The van der Waals surface area contributed by atoms with E-state index in [9.17, 15) is 4.79 Å². The van der Waals surface area contributed by atoms with Gasteiger partial charge in [0, 0.05) is 20.2 Å². The maximum atomic E-state index is 11.4. The number of methoxy groups -OCH3 is 1. The normalized spacial score (nSPS) is 24.1. The number of likely N-dealkylation sites (tertiary alicyclic amines) is 1. The van der Waals surface area contributed by atoms with Gasteiger partial charge >= 0.3 is 0 Å². The van der Waals surface area contributed by atoms with Crippen LogP contribution in [0.4, 0.5) is 0 Å². The summed E-state index contributed by atoms with van der Waals surface area (Å²) in [5.41, 5.74) is 6.58. The molecular weight excluding hydrogens is 240 g/mol. The van der Waals surface area contributed by atoms with Crippen LogP contribution in [-0.4, -0.2) is 43.2 Å². The van der Waals surface area contributed by atoms with Crippen LogP contribution in [0.3, 0.4) is 0 Å². The minimum Gasteiger partial charge on any atom is -0.380 e. The van der Waals surface area contributed by atoms with Crippen molar-refractivity contribution in [1.82, 2.24) is 4.90 Å². The van der Waals surface area contributed by atoms with E-state index in [2.05, 4.69) is 17.1 Å². The summed E-state index contributed by atoms with van der Waals surface area (Å²) >= 11 is 0. The number of primary amides is 1. The number of hydrogen-bond donors (Lipinski definition) is 1. The Bertz CT molecular complexity index is 445. The standard InChI is InChI=1S/C15H20N2O2/c1-19-13-10-14(15(16)18)17(11-13)9-5-8-12-6-3-2-4-7-12/h2-8,13-14H,9-11H2,1H3,(H2,16,18)/b8-5+/t13-,14-/m0/s1. The fraction of sp³-hybridized carbons (Fsp3) is 0.400. The molecule has 4 nitrogen and oxygen atoms in total. The molecular formula is C15H20N2O2. The first kappa shape index (κ1) is 13.8. The fourth-order valence-electron chi connectivity index (χ4n) is 2.42. The van der Waals surface area contributed by atoms with Crippen LogP contribution in [0.5, 0.6) is 0 Å². The minimum absolute atomic E-state index is 0.0997. The predicted molar refractivity (Wildman–Crippen MR) is 75.4 cm³/mol. The summed E-state index contributed by atoms with van der Waals surface area (Å²) in [6, 6.07) is 9.87. The van der Waals surface area contributed by atoms with Crippen molar-refractivity contribution in [3.8, 4) is 0 Å². The van der Waals surface area contributed by atoms with E-state index in [1.807, 2.05) is 30.3 Å². The Morgan fingerprint density at radius 2 is 2.21 bits per heavy atom. The molecule has 4 heteroatoms. The van der Waals surface area contributed by atoms with Crippen molar-refractivity contribution in [2.24, 2.45) is 5.73 Å². The molecule has 0 saturated carbocycles. The Morgan fingerprint density at radius 1 is 1.47 bits per heavy atom. The van der Waals surface area contributed by atoms with E-state index in [0.717, 1.165) is 12.1 Å². The summed E-state index contributed by atoms with van der Waals surface area (Å²) in [7, 11) is 1.67. The zero-order chi connectivity index (χ0) is 13.7. The molecule has 2 rings (SSSR count). The first-order valence-electron chi connectivity index (χ1n) is 6.48.